The summed E-state index contributed by atoms with van der Waals surface area (Å²) in [6.07, 6.45) is 12.4. The van der Waals surface area contributed by atoms with E-state index in [2.05, 4.69) is 40.7 Å². The molecule has 4 N–H and O–H groups in total. The first-order valence-electron chi connectivity index (χ1n) is 33.3. The van der Waals surface area contributed by atoms with Gasteiger partial charge in [-0.15, -0.1) is 0 Å². The summed E-state index contributed by atoms with van der Waals surface area (Å²) in [4.78, 5) is 106. The number of carbonyl (C=O) groups excluding carboxylic acids is 6. The maximum atomic E-state index is 14.8. The standard InChI is InChI=1S/C70H92ClF2N11O9/c1-68(2,3)92-66(89)79-70(29-38-81(39-30-70)62-56-23-31-74-61(56)75-45-76-62)65(88)77-58(46-17-20-52(71)21-18-46)28-35-80-33-24-54(25-34-80)91-55-26-36-82(37-27-55)64(87)60(47-12-8-7-9-13-47)78-63(86)49-15-10-14-48(40-49)50-16-11-32-83(42-50)59(85)44-84(67(90)93-69(4,5)6)43-51-19-22-53(72)41-57(51)73/h10,14-15,17-23,31,40-41,45,47,50,54-55,58,60H,7-9,11-13,16,24-30,32-39,42-44H2,1-6H3,(H,77,88)(H,78,86)(H,79,89)(H,74,75,76)/t50?,58-,60+/m0/s1. The maximum absolute atomic E-state index is 14.8. The Kier molecular flexibility index (Phi) is 22.3. The van der Waals surface area contributed by atoms with Crippen LogP contribution in [-0.4, -0.2) is 171 Å². The number of halogens is 3. The number of aromatic amines is 1. The summed E-state index contributed by atoms with van der Waals surface area (Å²) in [5.41, 5.74) is 0.0626. The number of alkyl carbamates (subject to hydrolysis) is 1. The van der Waals surface area contributed by atoms with Crippen LogP contribution in [0.5, 0.6) is 0 Å². The molecule has 1 aliphatic carbocycles. The number of ether oxygens (including phenoxy) is 3. The molecule has 10 rings (SSSR count). The van der Waals surface area contributed by atoms with Crippen LogP contribution in [0.1, 0.15) is 170 Å². The second-order valence-corrected chi connectivity index (χ2v) is 28.4. The summed E-state index contributed by atoms with van der Waals surface area (Å²) in [5.74, 6) is -1.96. The first-order chi connectivity index (χ1) is 44.4. The molecule has 20 nitrogen and oxygen atoms in total. The van der Waals surface area contributed by atoms with Gasteiger partial charge in [-0.1, -0.05) is 61.2 Å². The molecule has 93 heavy (non-hydrogen) atoms. The van der Waals surface area contributed by atoms with Crippen molar-refractivity contribution in [2.75, 3.05) is 70.3 Å². The van der Waals surface area contributed by atoms with Gasteiger partial charge in [0.2, 0.25) is 17.7 Å². The second kappa shape index (κ2) is 30.3. The van der Waals surface area contributed by atoms with Gasteiger partial charge in [0.15, 0.2) is 0 Å². The molecular weight excluding hydrogens is 1210 g/mol. The molecule has 1 unspecified atom stereocenters. The highest BCUT2D eigenvalue weighted by Crippen LogP contribution is 2.35. The van der Waals surface area contributed by atoms with Crippen LogP contribution in [0, 0.1) is 17.6 Å². The van der Waals surface area contributed by atoms with Crippen molar-refractivity contribution in [1.82, 2.24) is 50.5 Å². The number of hydrogen-bond acceptors (Lipinski definition) is 13. The van der Waals surface area contributed by atoms with E-state index in [4.69, 9.17) is 25.8 Å². The lowest BCUT2D eigenvalue weighted by molar-refractivity contribution is -0.139. The third-order valence-corrected chi connectivity index (χ3v) is 19.1. The number of fused-ring (bicyclic) bond motifs is 1. The number of piperidine rings is 4. The largest absolute Gasteiger partial charge is 0.444 e. The SMILES string of the molecule is CC(C)(C)OC(=O)NC1(C(=O)N[C@@H](CCN2CCC(OC3CCN(C(=O)[C@H](NC(=O)c4cccc(C5CCCN(C(=O)CN(Cc6ccc(F)cc6F)C(=O)OC(C)(C)C)C5)c4)C4CCCCC4)CC3)CC2)c2ccc(Cl)cc2)CCN(c2ncnc3[nH]ccc23)CC1. The first-order valence-corrected chi connectivity index (χ1v) is 33.7. The molecule has 0 bridgehead atoms. The Morgan fingerprint density at radius 3 is 2.14 bits per heavy atom. The molecular formula is C70H92ClF2N11O9. The van der Waals surface area contributed by atoms with Crippen LogP contribution in [0.3, 0.4) is 0 Å². The summed E-state index contributed by atoms with van der Waals surface area (Å²) in [5, 5.41) is 11.1. The van der Waals surface area contributed by atoms with Crippen LogP contribution in [0.25, 0.3) is 11.0 Å². The Balaban J connectivity index is 0.711. The van der Waals surface area contributed by atoms with Crippen LogP contribution in [-0.2, 0) is 35.1 Å². The van der Waals surface area contributed by atoms with Gasteiger partial charge in [0, 0.05) is 93.2 Å². The number of rotatable bonds is 19. The third kappa shape index (κ3) is 18.3. The fourth-order valence-electron chi connectivity index (χ4n) is 13.8. The number of benzene rings is 3. The summed E-state index contributed by atoms with van der Waals surface area (Å²) in [7, 11) is 0. The zero-order chi connectivity index (χ0) is 66.0. The van der Waals surface area contributed by atoms with Crippen molar-refractivity contribution in [3.8, 4) is 0 Å². The summed E-state index contributed by atoms with van der Waals surface area (Å²) < 4.78 is 46.7. The van der Waals surface area contributed by atoms with Crippen molar-refractivity contribution in [1.29, 1.82) is 0 Å². The highest BCUT2D eigenvalue weighted by molar-refractivity contribution is 6.30. The molecule has 3 aromatic carbocycles. The number of likely N-dealkylation sites (tertiary alicyclic amines) is 3. The van der Waals surface area contributed by atoms with E-state index in [0.717, 1.165) is 109 Å². The molecule has 4 aliphatic heterocycles. The van der Waals surface area contributed by atoms with Crippen molar-refractivity contribution in [3.05, 3.63) is 124 Å². The van der Waals surface area contributed by atoms with E-state index >= 15 is 0 Å². The van der Waals surface area contributed by atoms with Gasteiger partial charge in [-0.3, -0.25) is 24.1 Å². The van der Waals surface area contributed by atoms with Crippen LogP contribution in [0.15, 0.2) is 85.3 Å². The fraction of sp³-hybridized carbons (Fsp3) is 0.571. The van der Waals surface area contributed by atoms with Crippen molar-refractivity contribution in [2.45, 2.75) is 185 Å². The lowest BCUT2D eigenvalue weighted by Gasteiger charge is -2.42. The Morgan fingerprint density at radius 2 is 1.45 bits per heavy atom. The molecule has 3 atom stereocenters. The molecule has 4 saturated heterocycles. The predicted octanol–water partition coefficient (Wildman–Crippen LogP) is 11.0. The van der Waals surface area contributed by atoms with E-state index in [1.165, 1.54) is 12.4 Å². The van der Waals surface area contributed by atoms with Crippen molar-refractivity contribution in [3.63, 3.8) is 0 Å². The number of H-pyrrole nitrogens is 1. The van der Waals surface area contributed by atoms with Crippen LogP contribution >= 0.6 is 11.6 Å². The van der Waals surface area contributed by atoms with E-state index in [1.807, 2.05) is 59.6 Å². The molecule has 502 valence electrons. The van der Waals surface area contributed by atoms with E-state index in [-0.39, 0.29) is 72.4 Å². The highest BCUT2D eigenvalue weighted by atomic mass is 35.5. The minimum absolute atomic E-state index is 0.00228. The van der Waals surface area contributed by atoms with E-state index < -0.39 is 46.6 Å². The number of anilines is 1. The molecule has 2 aromatic heterocycles. The normalized spacial score (nSPS) is 19.5. The van der Waals surface area contributed by atoms with Gasteiger partial charge in [-0.25, -0.2) is 28.3 Å². The smallest absolute Gasteiger partial charge is 0.411 e. The van der Waals surface area contributed by atoms with E-state index in [9.17, 15) is 37.5 Å². The second-order valence-electron chi connectivity index (χ2n) is 27.9. The van der Waals surface area contributed by atoms with E-state index in [1.54, 1.807) is 52.5 Å². The number of nitrogens with zero attached hydrogens (tertiary/aromatic N) is 7. The number of amides is 6. The van der Waals surface area contributed by atoms with Crippen LogP contribution in [0.2, 0.25) is 5.02 Å². The van der Waals surface area contributed by atoms with Gasteiger partial charge in [0.05, 0.1) is 30.2 Å². The third-order valence-electron chi connectivity index (χ3n) is 18.8. The first kappa shape index (κ1) is 68.4. The monoisotopic (exact) mass is 1300 g/mol. The molecule has 0 radical (unpaired) electrons. The average Bonchev–Trinajstić information content (AvgIpc) is 1.24. The Bertz CT molecular complexity index is 3400. The van der Waals surface area contributed by atoms with Crippen LogP contribution < -0.4 is 20.9 Å². The van der Waals surface area contributed by atoms with Gasteiger partial charge in [-0.2, -0.15) is 0 Å². The lowest BCUT2D eigenvalue weighted by Crippen LogP contribution is -2.64. The summed E-state index contributed by atoms with van der Waals surface area (Å²) in [6, 6.07) is 18.9. The van der Waals surface area contributed by atoms with Crippen molar-refractivity contribution in [2.24, 2.45) is 5.92 Å². The molecule has 0 spiro atoms. The van der Waals surface area contributed by atoms with Gasteiger partial charge < -0.3 is 54.7 Å². The molecule has 6 amide bonds. The van der Waals surface area contributed by atoms with Crippen molar-refractivity contribution >= 4 is 64.3 Å². The van der Waals surface area contributed by atoms with Gasteiger partial charge in [0.25, 0.3) is 5.91 Å². The Hall–Kier alpha value is -7.43. The summed E-state index contributed by atoms with van der Waals surface area (Å²) in [6.45, 7) is 14.9. The molecule has 6 heterocycles. The van der Waals surface area contributed by atoms with Crippen molar-refractivity contribution < 1.29 is 51.8 Å². The lowest BCUT2D eigenvalue weighted by atomic mass is 9.83. The quantitative estimate of drug-likeness (QED) is 0.0605. The Labute approximate surface area is 549 Å². The minimum atomic E-state index is -1.26. The zero-order valence-corrected chi connectivity index (χ0v) is 55.4. The molecule has 5 aromatic rings. The topological polar surface area (TPSA) is 224 Å². The zero-order valence-electron chi connectivity index (χ0n) is 54.7. The minimum Gasteiger partial charge on any atom is -0.444 e. The van der Waals surface area contributed by atoms with E-state index in [0.29, 0.717) is 94.9 Å². The highest BCUT2D eigenvalue weighted by Gasteiger charge is 2.46. The number of nitrogens with one attached hydrogen (secondary N) is 4. The number of carbonyl (C=O) groups is 6. The number of aromatic nitrogens is 3. The molecule has 5 fully saturated rings. The van der Waals surface area contributed by atoms with Gasteiger partial charge >= 0.3 is 12.2 Å². The average molecular weight is 1310 g/mol. The van der Waals surface area contributed by atoms with Gasteiger partial charge in [-0.05, 0) is 166 Å². The number of hydrogen-bond donors (Lipinski definition) is 4. The van der Waals surface area contributed by atoms with Crippen LogP contribution in [0.4, 0.5) is 24.2 Å². The molecule has 23 heteroatoms. The summed E-state index contributed by atoms with van der Waals surface area (Å²) >= 11 is 6.38. The molecule has 1 saturated carbocycles. The maximum Gasteiger partial charge on any atom is 0.411 e. The fourth-order valence-corrected chi connectivity index (χ4v) is 13.9. The van der Waals surface area contributed by atoms with Gasteiger partial charge in [0.1, 0.15) is 58.8 Å². The molecule has 5 aliphatic rings. The predicted molar refractivity (Wildman–Crippen MR) is 350 cm³/mol. The Morgan fingerprint density at radius 1 is 0.753 bits per heavy atom.